The fraction of sp³-hybridized carbons (Fsp3) is 0.188. The van der Waals surface area contributed by atoms with Gasteiger partial charge < -0.3 is 15.8 Å². The highest BCUT2D eigenvalue weighted by Crippen LogP contribution is 2.23. The standard InChI is InChI=1S/C16H16N2O2S/c1-11-10-13(5-6-14(11)20-2)18-16(19)15-12(4-3-8-17)7-9-21-15/h5-7,9-10H,8,17H2,1-2H3,(H,18,19). The molecule has 4 nitrogen and oxygen atoms in total. The van der Waals surface area contributed by atoms with Crippen molar-refractivity contribution >= 4 is 22.9 Å². The number of carbonyl (C=O) groups excluding carboxylic acids is 1. The van der Waals surface area contributed by atoms with Crippen molar-refractivity contribution in [3.63, 3.8) is 0 Å². The molecule has 0 saturated heterocycles. The minimum atomic E-state index is -0.170. The van der Waals surface area contributed by atoms with Crippen molar-refractivity contribution in [1.82, 2.24) is 0 Å². The molecule has 1 aromatic carbocycles. The Hall–Kier alpha value is -2.29. The number of hydrogen-bond acceptors (Lipinski definition) is 4. The normalized spacial score (nSPS) is 9.67. The van der Waals surface area contributed by atoms with E-state index in [0.29, 0.717) is 10.4 Å². The van der Waals surface area contributed by atoms with E-state index < -0.39 is 0 Å². The summed E-state index contributed by atoms with van der Waals surface area (Å²) in [5, 5.41) is 4.71. The smallest absolute Gasteiger partial charge is 0.267 e. The van der Waals surface area contributed by atoms with Crippen LogP contribution in [-0.2, 0) is 0 Å². The molecule has 1 aromatic heterocycles. The first kappa shape index (κ1) is 15.1. The predicted octanol–water partition coefficient (Wildman–Crippen LogP) is 2.63. The summed E-state index contributed by atoms with van der Waals surface area (Å²) in [6.45, 7) is 2.20. The van der Waals surface area contributed by atoms with Crippen molar-refractivity contribution in [1.29, 1.82) is 0 Å². The zero-order valence-corrected chi connectivity index (χ0v) is 12.7. The van der Waals surface area contributed by atoms with Gasteiger partial charge in [-0.05, 0) is 42.1 Å². The van der Waals surface area contributed by atoms with Gasteiger partial charge in [0, 0.05) is 11.3 Å². The van der Waals surface area contributed by atoms with E-state index in [1.54, 1.807) is 7.11 Å². The van der Waals surface area contributed by atoms with Crippen LogP contribution < -0.4 is 15.8 Å². The van der Waals surface area contributed by atoms with Gasteiger partial charge in [0.2, 0.25) is 0 Å². The van der Waals surface area contributed by atoms with Crippen molar-refractivity contribution in [3.05, 3.63) is 45.6 Å². The quantitative estimate of drug-likeness (QED) is 0.856. The predicted molar refractivity (Wildman–Crippen MR) is 85.9 cm³/mol. The van der Waals surface area contributed by atoms with Crippen molar-refractivity contribution < 1.29 is 9.53 Å². The zero-order valence-electron chi connectivity index (χ0n) is 11.9. The Morgan fingerprint density at radius 1 is 1.43 bits per heavy atom. The molecular weight excluding hydrogens is 284 g/mol. The Kier molecular flexibility index (Phi) is 4.99. The zero-order chi connectivity index (χ0) is 15.2. The van der Waals surface area contributed by atoms with Crippen LogP contribution in [0.15, 0.2) is 29.6 Å². The molecule has 0 atom stereocenters. The molecule has 0 unspecified atom stereocenters. The number of nitrogens with two attached hydrogens (primary N) is 1. The van der Waals surface area contributed by atoms with Crippen LogP contribution in [0.5, 0.6) is 5.75 Å². The molecule has 3 N–H and O–H groups in total. The summed E-state index contributed by atoms with van der Waals surface area (Å²) in [6, 6.07) is 7.33. The summed E-state index contributed by atoms with van der Waals surface area (Å²) >= 11 is 1.36. The van der Waals surface area contributed by atoms with Gasteiger partial charge in [0.05, 0.1) is 13.7 Å². The van der Waals surface area contributed by atoms with E-state index in [4.69, 9.17) is 10.5 Å². The maximum absolute atomic E-state index is 12.3. The van der Waals surface area contributed by atoms with E-state index in [1.807, 2.05) is 36.6 Å². The highest BCUT2D eigenvalue weighted by Gasteiger charge is 2.12. The number of methoxy groups -OCH3 is 1. The molecule has 0 aliphatic carbocycles. The lowest BCUT2D eigenvalue weighted by atomic mass is 10.2. The van der Waals surface area contributed by atoms with Crippen LogP contribution in [0.3, 0.4) is 0 Å². The summed E-state index contributed by atoms with van der Waals surface area (Å²) in [5.41, 5.74) is 7.75. The highest BCUT2D eigenvalue weighted by atomic mass is 32.1. The number of thiophene rings is 1. The first-order valence-electron chi connectivity index (χ1n) is 6.38. The fourth-order valence-corrected chi connectivity index (χ4v) is 2.62. The van der Waals surface area contributed by atoms with Gasteiger partial charge in [-0.1, -0.05) is 11.8 Å². The first-order chi connectivity index (χ1) is 10.2. The Morgan fingerprint density at radius 3 is 2.90 bits per heavy atom. The molecule has 5 heteroatoms. The van der Waals surface area contributed by atoms with Crippen molar-refractivity contribution in [2.75, 3.05) is 19.0 Å². The van der Waals surface area contributed by atoms with Gasteiger partial charge in [-0.3, -0.25) is 4.79 Å². The number of hydrogen-bond donors (Lipinski definition) is 2. The number of carbonyl (C=O) groups is 1. The van der Waals surface area contributed by atoms with E-state index in [2.05, 4.69) is 17.2 Å². The molecule has 108 valence electrons. The average molecular weight is 300 g/mol. The second kappa shape index (κ2) is 6.93. The van der Waals surface area contributed by atoms with E-state index in [9.17, 15) is 4.79 Å². The van der Waals surface area contributed by atoms with E-state index in [1.165, 1.54) is 11.3 Å². The third-order valence-electron chi connectivity index (χ3n) is 2.85. The Balaban J connectivity index is 2.18. The summed E-state index contributed by atoms with van der Waals surface area (Å²) < 4.78 is 5.20. The van der Waals surface area contributed by atoms with Crippen molar-refractivity contribution in [2.24, 2.45) is 5.73 Å². The van der Waals surface area contributed by atoms with Crippen LogP contribution in [0, 0.1) is 18.8 Å². The molecule has 0 spiro atoms. The topological polar surface area (TPSA) is 64.3 Å². The molecule has 0 aliphatic heterocycles. The number of nitrogens with one attached hydrogen (secondary N) is 1. The van der Waals surface area contributed by atoms with E-state index in [-0.39, 0.29) is 12.5 Å². The van der Waals surface area contributed by atoms with E-state index >= 15 is 0 Å². The maximum atomic E-state index is 12.3. The van der Waals surface area contributed by atoms with Crippen LogP contribution in [0.1, 0.15) is 20.8 Å². The van der Waals surface area contributed by atoms with Gasteiger partial charge in [0.25, 0.3) is 5.91 Å². The summed E-state index contributed by atoms with van der Waals surface area (Å²) in [5.74, 6) is 6.29. The molecule has 2 aromatic rings. The molecule has 21 heavy (non-hydrogen) atoms. The minimum Gasteiger partial charge on any atom is -0.496 e. The van der Waals surface area contributed by atoms with Gasteiger partial charge in [0.1, 0.15) is 10.6 Å². The molecule has 0 aliphatic rings. The van der Waals surface area contributed by atoms with Crippen LogP contribution in [0.2, 0.25) is 0 Å². The van der Waals surface area contributed by atoms with Crippen molar-refractivity contribution in [2.45, 2.75) is 6.92 Å². The number of anilines is 1. The molecular formula is C16H16N2O2S. The Morgan fingerprint density at radius 2 is 2.24 bits per heavy atom. The number of rotatable bonds is 3. The molecule has 0 saturated carbocycles. The van der Waals surface area contributed by atoms with Crippen LogP contribution in [-0.4, -0.2) is 19.6 Å². The number of aryl methyl sites for hydroxylation is 1. The molecule has 0 bridgehead atoms. The fourth-order valence-electron chi connectivity index (χ4n) is 1.87. The average Bonchev–Trinajstić information content (AvgIpc) is 2.93. The van der Waals surface area contributed by atoms with Gasteiger partial charge in [-0.25, -0.2) is 0 Å². The first-order valence-corrected chi connectivity index (χ1v) is 7.26. The van der Waals surface area contributed by atoms with E-state index in [0.717, 1.165) is 17.0 Å². The summed E-state index contributed by atoms with van der Waals surface area (Å²) in [7, 11) is 1.62. The van der Waals surface area contributed by atoms with Crippen LogP contribution in [0.25, 0.3) is 0 Å². The lowest BCUT2D eigenvalue weighted by Crippen LogP contribution is -2.11. The van der Waals surface area contributed by atoms with Gasteiger partial charge in [-0.2, -0.15) is 0 Å². The Bertz CT molecular complexity index is 711. The summed E-state index contributed by atoms with van der Waals surface area (Å²) in [4.78, 5) is 12.9. The second-order valence-corrected chi connectivity index (χ2v) is 5.22. The third-order valence-corrected chi connectivity index (χ3v) is 3.76. The number of amides is 1. The van der Waals surface area contributed by atoms with Crippen molar-refractivity contribution in [3.8, 4) is 17.6 Å². The lowest BCUT2D eigenvalue weighted by molar-refractivity contribution is 0.103. The summed E-state index contributed by atoms with van der Waals surface area (Å²) in [6.07, 6.45) is 0. The SMILES string of the molecule is COc1ccc(NC(=O)c2sccc2C#CCN)cc1C. The third kappa shape index (κ3) is 3.63. The molecule has 2 rings (SSSR count). The lowest BCUT2D eigenvalue weighted by Gasteiger charge is -2.08. The Labute approximate surface area is 127 Å². The second-order valence-electron chi connectivity index (χ2n) is 4.31. The number of ether oxygens (including phenoxy) is 1. The highest BCUT2D eigenvalue weighted by molar-refractivity contribution is 7.12. The minimum absolute atomic E-state index is 0.170. The molecule has 0 radical (unpaired) electrons. The molecule has 1 amide bonds. The molecule has 0 fully saturated rings. The van der Waals surface area contributed by atoms with Gasteiger partial charge in [-0.15, -0.1) is 11.3 Å². The van der Waals surface area contributed by atoms with Gasteiger partial charge in [0.15, 0.2) is 0 Å². The largest absolute Gasteiger partial charge is 0.496 e. The molecule has 1 heterocycles. The van der Waals surface area contributed by atoms with Crippen LogP contribution >= 0.6 is 11.3 Å². The van der Waals surface area contributed by atoms with Crippen LogP contribution in [0.4, 0.5) is 5.69 Å². The monoisotopic (exact) mass is 300 g/mol. The van der Waals surface area contributed by atoms with Gasteiger partial charge >= 0.3 is 0 Å². The number of benzene rings is 1. The maximum Gasteiger partial charge on any atom is 0.267 e.